The van der Waals surface area contributed by atoms with Crippen LogP contribution in [-0.4, -0.2) is 8.94 Å². The molecular formula is C14H11BrN2OS. The second kappa shape index (κ2) is 4.58. The Balaban J connectivity index is 2.31. The highest BCUT2D eigenvalue weighted by Gasteiger charge is 2.13. The summed E-state index contributed by atoms with van der Waals surface area (Å²) in [4.78, 5) is 17.7. The van der Waals surface area contributed by atoms with Crippen LogP contribution in [0.25, 0.3) is 15.9 Å². The molecule has 0 N–H and O–H groups in total. The summed E-state index contributed by atoms with van der Waals surface area (Å²) in [5, 5.41) is 0.721. The third-order valence-corrected chi connectivity index (χ3v) is 4.50. The summed E-state index contributed by atoms with van der Waals surface area (Å²) >= 11 is 4.78. The number of benzene rings is 1. The van der Waals surface area contributed by atoms with Gasteiger partial charge in [-0.05, 0) is 61.3 Å². The maximum absolute atomic E-state index is 12.5. The average molecular weight is 335 g/mol. The van der Waals surface area contributed by atoms with E-state index in [1.807, 2.05) is 44.2 Å². The molecular weight excluding hydrogens is 324 g/mol. The van der Waals surface area contributed by atoms with Crippen LogP contribution in [0, 0.1) is 13.8 Å². The van der Waals surface area contributed by atoms with Gasteiger partial charge in [0.2, 0.25) is 0 Å². The molecule has 0 fully saturated rings. The summed E-state index contributed by atoms with van der Waals surface area (Å²) < 4.78 is 2.69. The van der Waals surface area contributed by atoms with Crippen molar-refractivity contribution in [3.63, 3.8) is 0 Å². The lowest BCUT2D eigenvalue weighted by molar-refractivity contribution is 1.14. The molecule has 2 heterocycles. The van der Waals surface area contributed by atoms with Gasteiger partial charge in [-0.3, -0.25) is 4.79 Å². The fourth-order valence-corrected chi connectivity index (χ4v) is 3.47. The summed E-state index contributed by atoms with van der Waals surface area (Å²) in [6, 6.07) is 9.64. The van der Waals surface area contributed by atoms with Crippen molar-refractivity contribution in [2.45, 2.75) is 13.8 Å². The monoisotopic (exact) mass is 334 g/mol. The molecule has 19 heavy (non-hydrogen) atoms. The zero-order valence-corrected chi connectivity index (χ0v) is 12.9. The maximum Gasteiger partial charge on any atom is 0.275 e. The lowest BCUT2D eigenvalue weighted by Crippen LogP contribution is -2.11. The highest BCUT2D eigenvalue weighted by Crippen LogP contribution is 2.22. The Labute approximate surface area is 122 Å². The summed E-state index contributed by atoms with van der Waals surface area (Å²) in [6.45, 7) is 3.90. The van der Waals surface area contributed by atoms with Crippen LogP contribution in [0.5, 0.6) is 0 Å². The molecule has 0 aliphatic rings. The van der Waals surface area contributed by atoms with Gasteiger partial charge in [0.1, 0.15) is 4.83 Å². The molecule has 0 spiro atoms. The van der Waals surface area contributed by atoms with Crippen LogP contribution in [0.4, 0.5) is 0 Å². The minimum Gasteiger partial charge on any atom is -0.267 e. The van der Waals surface area contributed by atoms with Gasteiger partial charge >= 0.3 is 0 Å². The molecule has 2 aromatic heterocycles. The van der Waals surface area contributed by atoms with Crippen LogP contribution in [0.2, 0.25) is 0 Å². The SMILES string of the molecule is Cc1cc(C)c2c(=O)n(-c3ccc(Br)cc3)sc2n1. The molecule has 1 aromatic carbocycles. The van der Waals surface area contributed by atoms with Crippen LogP contribution < -0.4 is 5.56 Å². The van der Waals surface area contributed by atoms with Crippen molar-refractivity contribution in [1.82, 2.24) is 8.94 Å². The third kappa shape index (κ3) is 2.13. The number of aryl methyl sites for hydroxylation is 2. The van der Waals surface area contributed by atoms with Crippen LogP contribution in [-0.2, 0) is 0 Å². The first-order valence-electron chi connectivity index (χ1n) is 5.82. The molecule has 0 aliphatic heterocycles. The van der Waals surface area contributed by atoms with Crippen LogP contribution in [0.15, 0.2) is 39.6 Å². The van der Waals surface area contributed by atoms with Crippen molar-refractivity contribution in [1.29, 1.82) is 0 Å². The maximum atomic E-state index is 12.5. The zero-order valence-electron chi connectivity index (χ0n) is 10.5. The van der Waals surface area contributed by atoms with E-state index < -0.39 is 0 Å². The normalized spacial score (nSPS) is 11.1. The van der Waals surface area contributed by atoms with E-state index in [0.29, 0.717) is 0 Å². The second-order valence-corrected chi connectivity index (χ2v) is 6.28. The Morgan fingerprint density at radius 2 is 1.89 bits per heavy atom. The van der Waals surface area contributed by atoms with Gasteiger partial charge in [0.05, 0.1) is 11.1 Å². The highest BCUT2D eigenvalue weighted by atomic mass is 79.9. The number of hydrogen-bond acceptors (Lipinski definition) is 3. The molecule has 0 atom stereocenters. The molecule has 0 saturated carbocycles. The predicted octanol–water partition coefficient (Wildman–Crippen LogP) is 3.83. The van der Waals surface area contributed by atoms with Gasteiger partial charge in [0.25, 0.3) is 5.56 Å². The Morgan fingerprint density at radius 3 is 2.58 bits per heavy atom. The Kier molecular flexibility index (Phi) is 3.03. The highest BCUT2D eigenvalue weighted by molar-refractivity contribution is 9.10. The quantitative estimate of drug-likeness (QED) is 0.677. The standard InChI is InChI=1S/C14H11BrN2OS/c1-8-7-9(2)16-13-12(8)14(18)17(19-13)11-5-3-10(15)4-6-11/h3-7H,1-2H3. The predicted molar refractivity (Wildman–Crippen MR) is 82.4 cm³/mol. The van der Waals surface area contributed by atoms with Crippen molar-refractivity contribution < 1.29 is 0 Å². The molecule has 0 radical (unpaired) electrons. The van der Waals surface area contributed by atoms with Crippen LogP contribution >= 0.6 is 27.5 Å². The van der Waals surface area contributed by atoms with E-state index in [9.17, 15) is 4.79 Å². The number of fused-ring (bicyclic) bond motifs is 1. The molecule has 0 amide bonds. The molecule has 0 unspecified atom stereocenters. The van der Waals surface area contributed by atoms with E-state index in [1.54, 1.807) is 3.96 Å². The zero-order chi connectivity index (χ0) is 13.6. The molecule has 3 rings (SSSR count). The number of nitrogens with zero attached hydrogens (tertiary/aromatic N) is 2. The Bertz CT molecular complexity index is 818. The van der Waals surface area contributed by atoms with Crippen molar-refractivity contribution in [2.75, 3.05) is 0 Å². The van der Waals surface area contributed by atoms with Gasteiger partial charge < -0.3 is 0 Å². The first-order chi connectivity index (χ1) is 9.06. The molecule has 0 saturated heterocycles. The van der Waals surface area contributed by atoms with Gasteiger partial charge in [0, 0.05) is 10.2 Å². The van der Waals surface area contributed by atoms with Crippen LogP contribution in [0.3, 0.4) is 0 Å². The number of rotatable bonds is 1. The number of halogens is 1. The first-order valence-corrected chi connectivity index (χ1v) is 7.39. The number of aromatic nitrogens is 2. The molecule has 0 aliphatic carbocycles. The van der Waals surface area contributed by atoms with E-state index in [0.717, 1.165) is 31.6 Å². The fraction of sp³-hybridized carbons (Fsp3) is 0.143. The van der Waals surface area contributed by atoms with Gasteiger partial charge in [-0.2, -0.15) is 0 Å². The van der Waals surface area contributed by atoms with E-state index in [-0.39, 0.29) is 5.56 Å². The van der Waals surface area contributed by atoms with E-state index in [2.05, 4.69) is 20.9 Å². The largest absolute Gasteiger partial charge is 0.275 e. The van der Waals surface area contributed by atoms with Crippen LogP contribution in [0.1, 0.15) is 11.3 Å². The lowest BCUT2D eigenvalue weighted by Gasteiger charge is -1.99. The molecule has 3 aromatic rings. The minimum absolute atomic E-state index is 0.00678. The smallest absolute Gasteiger partial charge is 0.267 e. The summed E-state index contributed by atoms with van der Waals surface area (Å²) in [6.07, 6.45) is 0. The van der Waals surface area contributed by atoms with Gasteiger partial charge in [-0.1, -0.05) is 15.9 Å². The molecule has 0 bridgehead atoms. The van der Waals surface area contributed by atoms with E-state index in [1.165, 1.54) is 11.5 Å². The summed E-state index contributed by atoms with van der Waals surface area (Å²) in [7, 11) is 0. The van der Waals surface area contributed by atoms with Gasteiger partial charge in [-0.25, -0.2) is 8.94 Å². The van der Waals surface area contributed by atoms with Crippen molar-refractivity contribution in [3.8, 4) is 5.69 Å². The fourth-order valence-electron chi connectivity index (χ4n) is 2.10. The number of pyridine rings is 1. The second-order valence-electron chi connectivity index (χ2n) is 4.43. The Hall–Kier alpha value is -1.46. The van der Waals surface area contributed by atoms with Crippen molar-refractivity contribution >= 4 is 37.7 Å². The first kappa shape index (κ1) is 12.6. The van der Waals surface area contributed by atoms with Crippen molar-refractivity contribution in [2.24, 2.45) is 0 Å². The molecule has 3 nitrogen and oxygen atoms in total. The van der Waals surface area contributed by atoms with E-state index >= 15 is 0 Å². The summed E-state index contributed by atoms with van der Waals surface area (Å²) in [5.74, 6) is 0. The van der Waals surface area contributed by atoms with Crippen molar-refractivity contribution in [3.05, 3.63) is 56.4 Å². The topological polar surface area (TPSA) is 34.9 Å². The lowest BCUT2D eigenvalue weighted by atomic mass is 10.2. The van der Waals surface area contributed by atoms with E-state index in [4.69, 9.17) is 0 Å². The minimum atomic E-state index is 0.00678. The van der Waals surface area contributed by atoms with Gasteiger partial charge in [-0.15, -0.1) is 0 Å². The van der Waals surface area contributed by atoms with Gasteiger partial charge in [0.15, 0.2) is 0 Å². The Morgan fingerprint density at radius 1 is 1.21 bits per heavy atom. The third-order valence-electron chi connectivity index (χ3n) is 2.95. The summed E-state index contributed by atoms with van der Waals surface area (Å²) in [5.41, 5.74) is 2.80. The molecule has 5 heteroatoms. The molecule has 96 valence electrons. The average Bonchev–Trinajstić information content (AvgIpc) is 2.67. The number of hydrogen-bond donors (Lipinski definition) is 0.